The first-order chi connectivity index (χ1) is 10.1. The van der Waals surface area contributed by atoms with Gasteiger partial charge in [-0.05, 0) is 60.8 Å². The molecule has 0 saturated carbocycles. The summed E-state index contributed by atoms with van der Waals surface area (Å²) in [5.74, 6) is 0.227. The molecule has 1 atom stereocenters. The molecule has 2 aromatic rings. The van der Waals surface area contributed by atoms with E-state index in [9.17, 15) is 4.39 Å². The largest absolute Gasteiger partial charge is 0.316 e. The summed E-state index contributed by atoms with van der Waals surface area (Å²) in [6, 6.07) is 13.5. The Kier molecular flexibility index (Phi) is 5.95. The summed E-state index contributed by atoms with van der Waals surface area (Å²) in [5.41, 5.74) is 3.54. The molecule has 2 aromatic carbocycles. The second-order valence-corrected chi connectivity index (χ2v) is 6.25. The second-order valence-electron chi connectivity index (χ2n) is 5.33. The van der Waals surface area contributed by atoms with Crippen LogP contribution in [0, 0.1) is 12.7 Å². The van der Waals surface area contributed by atoms with Gasteiger partial charge in [-0.3, -0.25) is 0 Å². The zero-order valence-corrected chi connectivity index (χ0v) is 14.1. The third-order valence-electron chi connectivity index (χ3n) is 3.75. The van der Waals surface area contributed by atoms with Crippen molar-refractivity contribution >= 4 is 15.9 Å². The predicted molar refractivity (Wildman–Crippen MR) is 90.3 cm³/mol. The van der Waals surface area contributed by atoms with Crippen LogP contribution in [0.15, 0.2) is 46.9 Å². The molecule has 0 aliphatic heterocycles. The van der Waals surface area contributed by atoms with Gasteiger partial charge in [-0.1, -0.05) is 41.1 Å². The molecule has 1 unspecified atom stereocenters. The van der Waals surface area contributed by atoms with E-state index in [-0.39, 0.29) is 5.82 Å². The van der Waals surface area contributed by atoms with Crippen LogP contribution in [0.4, 0.5) is 4.39 Å². The van der Waals surface area contributed by atoms with E-state index in [1.54, 1.807) is 12.1 Å². The van der Waals surface area contributed by atoms with Gasteiger partial charge in [0.15, 0.2) is 0 Å². The topological polar surface area (TPSA) is 12.0 Å². The van der Waals surface area contributed by atoms with Gasteiger partial charge >= 0.3 is 0 Å². The van der Waals surface area contributed by atoms with E-state index in [1.165, 1.54) is 11.1 Å². The minimum Gasteiger partial charge on any atom is -0.316 e. The number of halogens is 2. The monoisotopic (exact) mass is 349 g/mol. The van der Waals surface area contributed by atoms with Gasteiger partial charge in [-0.2, -0.15) is 0 Å². The van der Waals surface area contributed by atoms with Gasteiger partial charge in [0, 0.05) is 16.9 Å². The molecule has 2 rings (SSSR count). The second kappa shape index (κ2) is 7.71. The van der Waals surface area contributed by atoms with Gasteiger partial charge in [0.05, 0.1) is 0 Å². The van der Waals surface area contributed by atoms with Crippen LogP contribution in [0.2, 0.25) is 0 Å². The van der Waals surface area contributed by atoms with Gasteiger partial charge in [0.1, 0.15) is 5.82 Å². The zero-order valence-electron chi connectivity index (χ0n) is 12.5. The van der Waals surface area contributed by atoms with Crippen molar-refractivity contribution < 1.29 is 4.39 Å². The highest BCUT2D eigenvalue weighted by Crippen LogP contribution is 2.24. The van der Waals surface area contributed by atoms with Crippen LogP contribution in [-0.4, -0.2) is 13.1 Å². The number of benzene rings is 2. The Morgan fingerprint density at radius 3 is 2.48 bits per heavy atom. The molecule has 0 fully saturated rings. The smallest absolute Gasteiger partial charge is 0.123 e. The molecular weight excluding hydrogens is 329 g/mol. The minimum absolute atomic E-state index is 0.164. The van der Waals surface area contributed by atoms with Crippen LogP contribution < -0.4 is 5.32 Å². The molecule has 0 amide bonds. The highest BCUT2D eigenvalue weighted by atomic mass is 79.9. The van der Waals surface area contributed by atoms with Gasteiger partial charge in [0.2, 0.25) is 0 Å². The van der Waals surface area contributed by atoms with Gasteiger partial charge < -0.3 is 5.32 Å². The van der Waals surface area contributed by atoms with Gasteiger partial charge in [-0.25, -0.2) is 4.39 Å². The summed E-state index contributed by atoms with van der Waals surface area (Å²) in [4.78, 5) is 0. The number of aryl methyl sites for hydroxylation is 1. The molecule has 0 bridgehead atoms. The fourth-order valence-electron chi connectivity index (χ4n) is 2.52. The Bertz CT molecular complexity index is 580. The highest BCUT2D eigenvalue weighted by molar-refractivity contribution is 9.10. The van der Waals surface area contributed by atoms with Crippen molar-refractivity contribution in [3.05, 3.63) is 69.4 Å². The minimum atomic E-state index is -0.164. The van der Waals surface area contributed by atoms with Gasteiger partial charge in [-0.15, -0.1) is 0 Å². The van der Waals surface area contributed by atoms with Crippen LogP contribution in [0.1, 0.15) is 29.5 Å². The molecule has 0 heterocycles. The van der Waals surface area contributed by atoms with E-state index in [4.69, 9.17) is 0 Å². The molecule has 112 valence electrons. The molecule has 1 N–H and O–H groups in total. The fraction of sp³-hybridized carbons (Fsp3) is 0.333. The third-order valence-corrected chi connectivity index (χ3v) is 4.28. The van der Waals surface area contributed by atoms with Crippen LogP contribution in [0.3, 0.4) is 0 Å². The average molecular weight is 350 g/mol. The Morgan fingerprint density at radius 1 is 1.14 bits per heavy atom. The predicted octanol–water partition coefficient (Wildman–Crippen LogP) is 4.83. The van der Waals surface area contributed by atoms with E-state index in [0.717, 1.165) is 29.5 Å². The van der Waals surface area contributed by atoms with E-state index < -0.39 is 0 Å². The summed E-state index contributed by atoms with van der Waals surface area (Å²) in [6.45, 7) is 5.97. The number of hydrogen-bond acceptors (Lipinski definition) is 1. The fourth-order valence-corrected chi connectivity index (χ4v) is 2.78. The third kappa shape index (κ3) is 4.65. The normalized spacial score (nSPS) is 12.4. The number of hydrogen-bond donors (Lipinski definition) is 1. The van der Waals surface area contributed by atoms with Crippen LogP contribution in [0.5, 0.6) is 0 Å². The number of rotatable bonds is 6. The molecule has 21 heavy (non-hydrogen) atoms. The van der Waals surface area contributed by atoms with Crippen molar-refractivity contribution in [1.29, 1.82) is 0 Å². The van der Waals surface area contributed by atoms with E-state index in [0.29, 0.717) is 5.92 Å². The molecule has 0 saturated heterocycles. The first-order valence-corrected chi connectivity index (χ1v) is 8.10. The van der Waals surface area contributed by atoms with Crippen molar-refractivity contribution in [3.8, 4) is 0 Å². The molecular formula is C18H21BrFN. The summed E-state index contributed by atoms with van der Waals surface area (Å²) >= 11 is 3.48. The van der Waals surface area contributed by atoms with E-state index >= 15 is 0 Å². The van der Waals surface area contributed by atoms with Crippen molar-refractivity contribution in [2.24, 2.45) is 0 Å². The molecule has 0 aromatic heterocycles. The van der Waals surface area contributed by atoms with Crippen LogP contribution >= 0.6 is 15.9 Å². The van der Waals surface area contributed by atoms with Crippen LogP contribution in [0.25, 0.3) is 0 Å². The summed E-state index contributed by atoms with van der Waals surface area (Å²) in [6.07, 6.45) is 0.917. The maximum absolute atomic E-state index is 13.2. The number of likely N-dealkylation sites (N-methyl/N-ethyl adjacent to an activating group) is 1. The van der Waals surface area contributed by atoms with Crippen molar-refractivity contribution in [1.82, 2.24) is 5.32 Å². The summed E-state index contributed by atoms with van der Waals surface area (Å²) in [5, 5.41) is 3.43. The first kappa shape index (κ1) is 16.2. The Balaban J connectivity index is 2.21. The lowest BCUT2D eigenvalue weighted by Crippen LogP contribution is -2.23. The highest BCUT2D eigenvalue weighted by Gasteiger charge is 2.13. The molecule has 1 nitrogen and oxygen atoms in total. The standard InChI is InChI=1S/C18H21BrFN/c1-3-21-12-16(14-4-7-17(19)8-5-14)11-15-6-9-18(20)10-13(15)2/h4-10,16,21H,3,11-12H2,1-2H3. The lowest BCUT2D eigenvalue weighted by molar-refractivity contribution is 0.591. The maximum Gasteiger partial charge on any atom is 0.123 e. The zero-order chi connectivity index (χ0) is 15.2. The lowest BCUT2D eigenvalue weighted by atomic mass is 9.90. The van der Waals surface area contributed by atoms with E-state index in [2.05, 4.69) is 52.4 Å². The summed E-state index contributed by atoms with van der Waals surface area (Å²) in [7, 11) is 0. The van der Waals surface area contributed by atoms with Crippen molar-refractivity contribution in [2.75, 3.05) is 13.1 Å². The molecule has 3 heteroatoms. The van der Waals surface area contributed by atoms with Crippen LogP contribution in [-0.2, 0) is 6.42 Å². The Labute approximate surface area is 134 Å². The quantitative estimate of drug-likeness (QED) is 0.787. The maximum atomic E-state index is 13.2. The molecule has 0 spiro atoms. The average Bonchev–Trinajstić information content (AvgIpc) is 2.46. The number of nitrogens with one attached hydrogen (secondary N) is 1. The molecule has 0 aliphatic carbocycles. The van der Waals surface area contributed by atoms with E-state index in [1.807, 2.05) is 13.0 Å². The summed E-state index contributed by atoms with van der Waals surface area (Å²) < 4.78 is 14.3. The lowest BCUT2D eigenvalue weighted by Gasteiger charge is -2.19. The molecule has 0 aliphatic rings. The SMILES string of the molecule is CCNCC(Cc1ccc(F)cc1C)c1ccc(Br)cc1. The molecule has 0 radical (unpaired) electrons. The van der Waals surface area contributed by atoms with Crippen molar-refractivity contribution in [2.45, 2.75) is 26.2 Å². The Morgan fingerprint density at radius 2 is 1.86 bits per heavy atom. The van der Waals surface area contributed by atoms with Crippen molar-refractivity contribution in [3.63, 3.8) is 0 Å². The first-order valence-electron chi connectivity index (χ1n) is 7.31. The van der Waals surface area contributed by atoms with Gasteiger partial charge in [0.25, 0.3) is 0 Å². The Hall–Kier alpha value is -1.19.